The van der Waals surface area contributed by atoms with E-state index in [2.05, 4.69) is 15.4 Å². The predicted molar refractivity (Wildman–Crippen MR) is 103 cm³/mol. The summed E-state index contributed by atoms with van der Waals surface area (Å²) in [7, 11) is 1.33. The fourth-order valence-corrected chi connectivity index (χ4v) is 2.91. The molecule has 0 aliphatic heterocycles. The molecule has 3 rings (SSSR count). The van der Waals surface area contributed by atoms with Crippen LogP contribution in [0.25, 0.3) is 11.0 Å². The van der Waals surface area contributed by atoms with E-state index in [1.54, 1.807) is 37.4 Å². The van der Waals surface area contributed by atoms with Crippen molar-refractivity contribution in [3.05, 3.63) is 52.8 Å². The van der Waals surface area contributed by atoms with Gasteiger partial charge in [0.2, 0.25) is 0 Å². The van der Waals surface area contributed by atoms with Gasteiger partial charge in [-0.25, -0.2) is 14.5 Å². The first kappa shape index (κ1) is 18.6. The van der Waals surface area contributed by atoms with E-state index in [0.717, 1.165) is 16.6 Å². The van der Waals surface area contributed by atoms with Crippen molar-refractivity contribution in [3.63, 3.8) is 0 Å². The van der Waals surface area contributed by atoms with Crippen LogP contribution in [0.4, 0.5) is 5.69 Å². The van der Waals surface area contributed by atoms with Crippen molar-refractivity contribution in [3.8, 4) is 0 Å². The molecule has 7 heteroatoms. The summed E-state index contributed by atoms with van der Waals surface area (Å²) in [6.45, 7) is 7.69. The zero-order valence-corrected chi connectivity index (χ0v) is 16.0. The number of anilines is 1. The summed E-state index contributed by atoms with van der Waals surface area (Å²) in [5, 5.41) is 8.05. The van der Waals surface area contributed by atoms with Crippen LogP contribution in [-0.2, 0) is 4.74 Å². The number of nitrogens with one attached hydrogen (secondary N) is 1. The van der Waals surface area contributed by atoms with E-state index < -0.39 is 5.97 Å². The summed E-state index contributed by atoms with van der Waals surface area (Å²) in [6, 6.07) is 6.98. The van der Waals surface area contributed by atoms with Gasteiger partial charge in [0.25, 0.3) is 5.91 Å². The molecular weight excluding hydrogens is 344 g/mol. The summed E-state index contributed by atoms with van der Waals surface area (Å²) < 4.78 is 6.55. The molecule has 27 heavy (non-hydrogen) atoms. The number of esters is 1. The molecule has 0 bridgehead atoms. The molecule has 0 saturated carbocycles. The van der Waals surface area contributed by atoms with Crippen molar-refractivity contribution >= 4 is 28.6 Å². The highest BCUT2D eigenvalue weighted by atomic mass is 16.5. The predicted octanol–water partition coefficient (Wildman–Crippen LogP) is 3.67. The molecule has 2 aromatic heterocycles. The Morgan fingerprint density at radius 2 is 1.93 bits per heavy atom. The number of hydrogen-bond donors (Lipinski definition) is 1. The summed E-state index contributed by atoms with van der Waals surface area (Å²) >= 11 is 0. The molecule has 1 aromatic carbocycles. The zero-order chi connectivity index (χ0) is 19.7. The number of ether oxygens (including phenoxy) is 1. The van der Waals surface area contributed by atoms with Crippen LogP contribution in [0, 0.1) is 13.8 Å². The molecule has 0 atom stereocenters. The van der Waals surface area contributed by atoms with E-state index in [0.29, 0.717) is 22.5 Å². The van der Waals surface area contributed by atoms with E-state index >= 15 is 0 Å². The van der Waals surface area contributed by atoms with Gasteiger partial charge >= 0.3 is 5.97 Å². The second-order valence-corrected chi connectivity index (χ2v) is 6.69. The summed E-state index contributed by atoms with van der Waals surface area (Å²) in [5.41, 5.74) is 3.72. The minimum absolute atomic E-state index is 0.185. The topological polar surface area (TPSA) is 86.1 Å². The number of fused-ring (bicyclic) bond motifs is 1. The molecule has 0 spiro atoms. The third-order valence-electron chi connectivity index (χ3n) is 4.39. The molecule has 0 aliphatic carbocycles. The van der Waals surface area contributed by atoms with Gasteiger partial charge in [-0.05, 0) is 57.5 Å². The summed E-state index contributed by atoms with van der Waals surface area (Å²) in [6.07, 6.45) is 1.72. The highest BCUT2D eigenvalue weighted by Crippen LogP contribution is 2.22. The van der Waals surface area contributed by atoms with E-state index in [9.17, 15) is 9.59 Å². The van der Waals surface area contributed by atoms with Crippen LogP contribution in [0.5, 0.6) is 0 Å². The third-order valence-corrected chi connectivity index (χ3v) is 4.39. The lowest BCUT2D eigenvalue weighted by Gasteiger charge is -2.12. The molecule has 0 radical (unpaired) electrons. The maximum absolute atomic E-state index is 12.8. The number of hydrogen-bond acceptors (Lipinski definition) is 5. The number of pyridine rings is 1. The quantitative estimate of drug-likeness (QED) is 0.712. The molecule has 140 valence electrons. The van der Waals surface area contributed by atoms with Gasteiger partial charge in [-0.2, -0.15) is 5.10 Å². The number of methoxy groups -OCH3 is 1. The molecule has 0 fully saturated rings. The molecule has 0 saturated heterocycles. The number of rotatable bonds is 4. The fourth-order valence-electron chi connectivity index (χ4n) is 2.91. The Kier molecular flexibility index (Phi) is 4.94. The van der Waals surface area contributed by atoms with Crippen LogP contribution < -0.4 is 5.32 Å². The lowest BCUT2D eigenvalue weighted by Crippen LogP contribution is -2.15. The molecular formula is C20H22N4O3. The first-order valence-electron chi connectivity index (χ1n) is 8.67. The van der Waals surface area contributed by atoms with Crippen molar-refractivity contribution in [2.24, 2.45) is 0 Å². The van der Waals surface area contributed by atoms with Gasteiger partial charge < -0.3 is 10.1 Å². The van der Waals surface area contributed by atoms with Gasteiger partial charge in [0.05, 0.1) is 30.1 Å². The van der Waals surface area contributed by atoms with Crippen LogP contribution in [0.3, 0.4) is 0 Å². The Morgan fingerprint density at radius 3 is 2.56 bits per heavy atom. The highest BCUT2D eigenvalue weighted by molar-refractivity contribution is 6.07. The van der Waals surface area contributed by atoms with Crippen molar-refractivity contribution in [2.45, 2.75) is 33.7 Å². The molecule has 7 nitrogen and oxygen atoms in total. The van der Waals surface area contributed by atoms with Gasteiger partial charge in [-0.1, -0.05) is 0 Å². The number of aromatic nitrogens is 3. The van der Waals surface area contributed by atoms with Gasteiger partial charge in [-0.15, -0.1) is 0 Å². The molecule has 0 aliphatic rings. The zero-order valence-electron chi connectivity index (χ0n) is 16.0. The standard InChI is InChI=1S/C20H22N4O3/c1-11(2)24-18-15(10-21-24)9-16(13(4)22-18)19(25)23-17-7-6-14(8-12(17)3)20(26)27-5/h6-11H,1-5H3,(H,23,25). The van der Waals surface area contributed by atoms with Gasteiger partial charge in [0.15, 0.2) is 5.65 Å². The second-order valence-electron chi connectivity index (χ2n) is 6.69. The average Bonchev–Trinajstić information content (AvgIpc) is 3.04. The third kappa shape index (κ3) is 3.53. The number of benzene rings is 1. The maximum Gasteiger partial charge on any atom is 0.337 e. The molecule has 1 N–H and O–H groups in total. The summed E-state index contributed by atoms with van der Waals surface area (Å²) in [5.74, 6) is -0.670. The Balaban J connectivity index is 1.90. The minimum Gasteiger partial charge on any atom is -0.465 e. The minimum atomic E-state index is -0.413. The van der Waals surface area contributed by atoms with Crippen LogP contribution in [0.15, 0.2) is 30.5 Å². The monoisotopic (exact) mass is 366 g/mol. The summed E-state index contributed by atoms with van der Waals surface area (Å²) in [4.78, 5) is 29.0. The van der Waals surface area contributed by atoms with Gasteiger partial charge in [-0.3, -0.25) is 4.79 Å². The number of amides is 1. The SMILES string of the molecule is COC(=O)c1ccc(NC(=O)c2cc3cnn(C(C)C)c3nc2C)c(C)c1. The Labute approximate surface area is 157 Å². The first-order valence-corrected chi connectivity index (χ1v) is 8.67. The Bertz CT molecular complexity index is 1040. The van der Waals surface area contributed by atoms with Crippen LogP contribution in [-0.4, -0.2) is 33.8 Å². The smallest absolute Gasteiger partial charge is 0.337 e. The van der Waals surface area contributed by atoms with Crippen molar-refractivity contribution < 1.29 is 14.3 Å². The largest absolute Gasteiger partial charge is 0.465 e. The maximum atomic E-state index is 12.8. The van der Waals surface area contributed by atoms with Crippen LogP contribution >= 0.6 is 0 Å². The Morgan fingerprint density at radius 1 is 1.19 bits per heavy atom. The molecule has 1 amide bonds. The average molecular weight is 366 g/mol. The lowest BCUT2D eigenvalue weighted by molar-refractivity contribution is 0.0600. The lowest BCUT2D eigenvalue weighted by atomic mass is 10.1. The highest BCUT2D eigenvalue weighted by Gasteiger charge is 2.16. The fraction of sp³-hybridized carbons (Fsp3) is 0.300. The van der Waals surface area contributed by atoms with Crippen molar-refractivity contribution in [2.75, 3.05) is 12.4 Å². The van der Waals surface area contributed by atoms with Gasteiger partial charge in [0, 0.05) is 17.1 Å². The normalized spacial score (nSPS) is 11.0. The Hall–Kier alpha value is -3.22. The molecule has 2 heterocycles. The van der Waals surface area contributed by atoms with E-state index in [4.69, 9.17) is 4.74 Å². The first-order chi connectivity index (χ1) is 12.8. The molecule has 3 aromatic rings. The second kappa shape index (κ2) is 7.19. The van der Waals surface area contributed by atoms with E-state index in [-0.39, 0.29) is 11.9 Å². The number of aryl methyl sites for hydroxylation is 2. The van der Waals surface area contributed by atoms with Crippen molar-refractivity contribution in [1.82, 2.24) is 14.8 Å². The van der Waals surface area contributed by atoms with Gasteiger partial charge in [0.1, 0.15) is 0 Å². The molecule has 0 unspecified atom stereocenters. The number of nitrogens with zero attached hydrogens (tertiary/aromatic N) is 3. The van der Waals surface area contributed by atoms with E-state index in [1.807, 2.05) is 25.5 Å². The van der Waals surface area contributed by atoms with E-state index in [1.165, 1.54) is 7.11 Å². The van der Waals surface area contributed by atoms with Crippen LogP contribution in [0.1, 0.15) is 51.9 Å². The van der Waals surface area contributed by atoms with Crippen molar-refractivity contribution in [1.29, 1.82) is 0 Å². The van der Waals surface area contributed by atoms with Crippen LogP contribution in [0.2, 0.25) is 0 Å². The number of carbonyl (C=O) groups excluding carboxylic acids is 2. The number of carbonyl (C=O) groups is 2.